The van der Waals surface area contributed by atoms with Crippen LogP contribution in [0.2, 0.25) is 0 Å². The highest BCUT2D eigenvalue weighted by molar-refractivity contribution is 6.04. The van der Waals surface area contributed by atoms with Gasteiger partial charge in [0.1, 0.15) is 5.75 Å². The average molecular weight is 425 g/mol. The van der Waals surface area contributed by atoms with Crippen molar-refractivity contribution in [1.29, 1.82) is 0 Å². The predicted octanol–water partition coefficient (Wildman–Crippen LogP) is 5.35. The molecule has 0 unspecified atom stereocenters. The Morgan fingerprint density at radius 3 is 2.25 bits per heavy atom. The fourth-order valence-corrected chi connectivity index (χ4v) is 3.42. The van der Waals surface area contributed by atoms with Crippen LogP contribution in [-0.2, 0) is 4.79 Å². The first-order valence-corrected chi connectivity index (χ1v) is 10.5. The minimum absolute atomic E-state index is 0.0896. The first kappa shape index (κ1) is 21.1. The summed E-state index contributed by atoms with van der Waals surface area (Å²) >= 11 is 0. The summed E-state index contributed by atoms with van der Waals surface area (Å²) < 4.78 is 5.59. The molecule has 4 aromatic rings. The van der Waals surface area contributed by atoms with Gasteiger partial charge in [-0.25, -0.2) is 0 Å². The van der Waals surface area contributed by atoms with Crippen LogP contribution in [0.4, 0.5) is 5.69 Å². The molecule has 0 heterocycles. The van der Waals surface area contributed by atoms with E-state index in [2.05, 4.69) is 34.9 Å². The van der Waals surface area contributed by atoms with Gasteiger partial charge in [0.2, 0.25) is 0 Å². The van der Waals surface area contributed by atoms with E-state index in [4.69, 9.17) is 4.74 Å². The molecule has 5 nitrogen and oxygen atoms in total. The van der Waals surface area contributed by atoms with E-state index in [1.165, 1.54) is 5.39 Å². The molecule has 0 saturated heterocycles. The molecule has 4 aromatic carbocycles. The number of hydrogen-bond acceptors (Lipinski definition) is 3. The molecular weight excluding hydrogens is 400 g/mol. The molecule has 2 N–H and O–H groups in total. The van der Waals surface area contributed by atoms with Crippen molar-refractivity contribution in [2.45, 2.75) is 13.0 Å². The summed E-state index contributed by atoms with van der Waals surface area (Å²) in [6.07, 6.45) is 0. The van der Waals surface area contributed by atoms with E-state index in [0.717, 1.165) is 10.9 Å². The van der Waals surface area contributed by atoms with Crippen molar-refractivity contribution in [3.8, 4) is 5.75 Å². The van der Waals surface area contributed by atoms with Crippen LogP contribution >= 0.6 is 0 Å². The predicted molar refractivity (Wildman–Crippen MR) is 127 cm³/mol. The van der Waals surface area contributed by atoms with Gasteiger partial charge in [0.15, 0.2) is 6.61 Å². The Labute approximate surface area is 187 Å². The van der Waals surface area contributed by atoms with E-state index in [-0.39, 0.29) is 24.5 Å². The van der Waals surface area contributed by atoms with Crippen molar-refractivity contribution in [2.75, 3.05) is 11.9 Å². The largest absolute Gasteiger partial charge is 0.484 e. The average Bonchev–Trinajstić information content (AvgIpc) is 2.83. The number of carbonyl (C=O) groups is 2. The molecule has 0 fully saturated rings. The van der Waals surface area contributed by atoms with Crippen LogP contribution in [0.3, 0.4) is 0 Å². The molecule has 5 heteroatoms. The van der Waals surface area contributed by atoms with Crippen molar-refractivity contribution >= 4 is 28.3 Å². The third kappa shape index (κ3) is 5.32. The molecular formula is C27H24N2O3. The number of fused-ring (bicyclic) bond motifs is 1. The van der Waals surface area contributed by atoms with Crippen molar-refractivity contribution < 1.29 is 14.3 Å². The summed E-state index contributed by atoms with van der Waals surface area (Å²) in [5.74, 6) is 0.171. The maximum atomic E-state index is 12.3. The lowest BCUT2D eigenvalue weighted by Gasteiger charge is -2.15. The van der Waals surface area contributed by atoms with Crippen LogP contribution in [0.15, 0.2) is 97.1 Å². The second-order valence-corrected chi connectivity index (χ2v) is 7.53. The van der Waals surface area contributed by atoms with Crippen molar-refractivity contribution in [2.24, 2.45) is 0 Å². The zero-order chi connectivity index (χ0) is 22.3. The van der Waals surface area contributed by atoms with Crippen molar-refractivity contribution in [3.05, 3.63) is 108 Å². The first-order chi connectivity index (χ1) is 15.6. The summed E-state index contributed by atoms with van der Waals surface area (Å²) in [7, 11) is 0. The zero-order valence-electron chi connectivity index (χ0n) is 17.7. The first-order valence-electron chi connectivity index (χ1n) is 10.5. The number of hydrogen-bond donors (Lipinski definition) is 2. The van der Waals surface area contributed by atoms with Gasteiger partial charge in [-0.2, -0.15) is 0 Å². The fourth-order valence-electron chi connectivity index (χ4n) is 3.42. The number of carbonyl (C=O) groups excluding carboxylic acids is 2. The number of nitrogens with one attached hydrogen (secondary N) is 2. The Morgan fingerprint density at radius 1 is 0.812 bits per heavy atom. The molecule has 2 amide bonds. The minimum Gasteiger partial charge on any atom is -0.484 e. The Morgan fingerprint density at radius 2 is 1.50 bits per heavy atom. The molecule has 0 bridgehead atoms. The van der Waals surface area contributed by atoms with Gasteiger partial charge in [-0.15, -0.1) is 0 Å². The van der Waals surface area contributed by atoms with E-state index >= 15 is 0 Å². The highest BCUT2D eigenvalue weighted by Crippen LogP contribution is 2.20. The van der Waals surface area contributed by atoms with Crippen LogP contribution in [0.1, 0.15) is 28.9 Å². The van der Waals surface area contributed by atoms with E-state index in [1.54, 1.807) is 36.4 Å². The van der Waals surface area contributed by atoms with E-state index in [9.17, 15) is 9.59 Å². The summed E-state index contributed by atoms with van der Waals surface area (Å²) in [6, 6.07) is 30.1. The van der Waals surface area contributed by atoms with Gasteiger partial charge in [-0.3, -0.25) is 9.59 Å². The standard InChI is InChI=1S/C27H24N2O3/c1-19(22-12-11-20-7-5-6-10-23(20)17-22)28-26(30)18-32-25-15-13-24(14-16-25)29-27(31)21-8-3-2-4-9-21/h2-17,19H,18H2,1H3,(H,28,30)(H,29,31)/t19-/m0/s1. The van der Waals surface area contributed by atoms with Gasteiger partial charge < -0.3 is 15.4 Å². The third-order valence-corrected chi connectivity index (χ3v) is 5.17. The molecule has 1 atom stereocenters. The maximum Gasteiger partial charge on any atom is 0.258 e. The quantitative estimate of drug-likeness (QED) is 0.420. The number of benzene rings is 4. The Hall–Kier alpha value is -4.12. The molecule has 0 aliphatic rings. The summed E-state index contributed by atoms with van der Waals surface area (Å²) in [4.78, 5) is 24.6. The smallest absolute Gasteiger partial charge is 0.258 e. The molecule has 0 radical (unpaired) electrons. The van der Waals surface area contributed by atoms with Crippen LogP contribution in [0, 0.1) is 0 Å². The zero-order valence-corrected chi connectivity index (χ0v) is 17.7. The lowest BCUT2D eigenvalue weighted by Crippen LogP contribution is -2.31. The highest BCUT2D eigenvalue weighted by atomic mass is 16.5. The number of amides is 2. The molecule has 0 aliphatic heterocycles. The van der Waals surface area contributed by atoms with Crippen LogP contribution < -0.4 is 15.4 Å². The van der Waals surface area contributed by atoms with Gasteiger partial charge in [0.25, 0.3) is 11.8 Å². The van der Waals surface area contributed by atoms with Gasteiger partial charge >= 0.3 is 0 Å². The van der Waals surface area contributed by atoms with Gasteiger partial charge in [-0.05, 0) is 65.7 Å². The minimum atomic E-state index is -0.202. The fraction of sp³-hybridized carbons (Fsp3) is 0.111. The van der Waals surface area contributed by atoms with Crippen LogP contribution in [0.5, 0.6) is 5.75 Å². The summed E-state index contributed by atoms with van der Waals surface area (Å²) in [5, 5.41) is 8.11. The lowest BCUT2D eigenvalue weighted by atomic mass is 10.0. The van der Waals surface area contributed by atoms with E-state index in [1.807, 2.05) is 43.3 Å². The maximum absolute atomic E-state index is 12.3. The van der Waals surface area contributed by atoms with Gasteiger partial charge in [0, 0.05) is 11.3 Å². The Bertz CT molecular complexity index is 1220. The molecule has 32 heavy (non-hydrogen) atoms. The monoisotopic (exact) mass is 424 g/mol. The molecule has 0 aliphatic carbocycles. The van der Waals surface area contributed by atoms with Gasteiger partial charge in [-0.1, -0.05) is 54.6 Å². The number of ether oxygens (including phenoxy) is 1. The van der Waals surface area contributed by atoms with Crippen LogP contribution in [-0.4, -0.2) is 18.4 Å². The van der Waals surface area contributed by atoms with Crippen LogP contribution in [0.25, 0.3) is 10.8 Å². The molecule has 0 saturated carbocycles. The molecule has 160 valence electrons. The summed E-state index contributed by atoms with van der Waals surface area (Å²) in [5.41, 5.74) is 2.28. The number of anilines is 1. The second-order valence-electron chi connectivity index (χ2n) is 7.53. The Kier molecular flexibility index (Phi) is 6.46. The van der Waals surface area contributed by atoms with E-state index < -0.39 is 0 Å². The van der Waals surface area contributed by atoms with Crippen molar-refractivity contribution in [1.82, 2.24) is 5.32 Å². The second kappa shape index (κ2) is 9.79. The molecule has 4 rings (SSSR count). The topological polar surface area (TPSA) is 67.4 Å². The lowest BCUT2D eigenvalue weighted by molar-refractivity contribution is -0.123. The molecule has 0 aromatic heterocycles. The number of rotatable bonds is 7. The third-order valence-electron chi connectivity index (χ3n) is 5.17. The SMILES string of the molecule is C[C@H](NC(=O)COc1ccc(NC(=O)c2ccccc2)cc1)c1ccc2ccccc2c1. The van der Waals surface area contributed by atoms with E-state index in [0.29, 0.717) is 17.0 Å². The normalized spacial score (nSPS) is 11.5. The summed E-state index contributed by atoms with van der Waals surface area (Å²) in [6.45, 7) is 1.86. The van der Waals surface area contributed by atoms with Crippen molar-refractivity contribution in [3.63, 3.8) is 0 Å². The highest BCUT2D eigenvalue weighted by Gasteiger charge is 2.11. The van der Waals surface area contributed by atoms with Gasteiger partial charge in [0.05, 0.1) is 6.04 Å². The Balaban J connectivity index is 1.28. The molecule has 0 spiro atoms.